The van der Waals surface area contributed by atoms with Crippen molar-refractivity contribution in [1.29, 1.82) is 0 Å². The lowest BCUT2D eigenvalue weighted by Crippen LogP contribution is -2.28. The zero-order chi connectivity index (χ0) is 25.5. The van der Waals surface area contributed by atoms with Crippen LogP contribution in [0.3, 0.4) is 0 Å². The summed E-state index contributed by atoms with van der Waals surface area (Å²) < 4.78 is 26.7. The highest BCUT2D eigenvalue weighted by atomic mass is 32.2. The Bertz CT molecular complexity index is 1320. The molecular weight excluding hydrogens is 482 g/mol. The molecule has 0 saturated carbocycles. The van der Waals surface area contributed by atoms with E-state index in [0.717, 1.165) is 11.1 Å². The fourth-order valence-electron chi connectivity index (χ4n) is 3.45. The first-order valence-electron chi connectivity index (χ1n) is 10.8. The molecule has 0 radical (unpaired) electrons. The van der Waals surface area contributed by atoms with E-state index in [1.165, 1.54) is 16.7 Å². The van der Waals surface area contributed by atoms with Crippen LogP contribution in [0.1, 0.15) is 16.9 Å². The van der Waals surface area contributed by atoms with Crippen LogP contribution in [0.2, 0.25) is 0 Å². The maximum absolute atomic E-state index is 13.3. The maximum Gasteiger partial charge on any atom is 0.267 e. The molecule has 10 heteroatoms. The van der Waals surface area contributed by atoms with E-state index in [2.05, 4.69) is 10.2 Å². The Morgan fingerprint density at radius 2 is 1.53 bits per heavy atom. The number of hydrogen-bond donors (Lipinski definition) is 0. The normalized spacial score (nSPS) is 15.8. The molecular formula is C26H25N3O6S. The van der Waals surface area contributed by atoms with Crippen LogP contribution >= 0.6 is 11.8 Å². The lowest BCUT2D eigenvalue weighted by molar-refractivity contribution is -0.122. The van der Waals surface area contributed by atoms with Crippen molar-refractivity contribution in [3.63, 3.8) is 0 Å². The molecule has 186 valence electrons. The Hall–Kier alpha value is -4.18. The summed E-state index contributed by atoms with van der Waals surface area (Å²) in [6.07, 6.45) is 4.93. The first kappa shape index (κ1) is 24.9. The van der Waals surface area contributed by atoms with Crippen LogP contribution in [0.15, 0.2) is 74.3 Å². The van der Waals surface area contributed by atoms with E-state index < -0.39 is 0 Å². The molecule has 4 rings (SSSR count). The van der Waals surface area contributed by atoms with Crippen LogP contribution in [0, 0.1) is 0 Å². The monoisotopic (exact) mass is 507 g/mol. The van der Waals surface area contributed by atoms with Gasteiger partial charge in [0.15, 0.2) is 28.2 Å². The van der Waals surface area contributed by atoms with E-state index in [-0.39, 0.29) is 12.5 Å². The zero-order valence-electron chi connectivity index (χ0n) is 20.3. The molecule has 1 aromatic heterocycles. The number of nitrogens with zero attached hydrogens (tertiary/aromatic N) is 3. The summed E-state index contributed by atoms with van der Waals surface area (Å²) in [5.41, 5.74) is 1.56. The minimum absolute atomic E-state index is 0.203. The van der Waals surface area contributed by atoms with Gasteiger partial charge in [-0.05, 0) is 71.4 Å². The average Bonchev–Trinajstić information content (AvgIpc) is 3.52. The van der Waals surface area contributed by atoms with Crippen LogP contribution < -0.4 is 18.9 Å². The van der Waals surface area contributed by atoms with Crippen LogP contribution in [-0.2, 0) is 11.3 Å². The summed E-state index contributed by atoms with van der Waals surface area (Å²) in [5.74, 6) is 2.81. The van der Waals surface area contributed by atoms with Crippen LogP contribution in [0.25, 0.3) is 6.08 Å². The third kappa shape index (κ3) is 5.55. The van der Waals surface area contributed by atoms with E-state index in [0.29, 0.717) is 38.8 Å². The number of rotatable bonds is 9. The molecule has 1 amide bonds. The number of ether oxygens (including phenoxy) is 4. The van der Waals surface area contributed by atoms with E-state index >= 15 is 0 Å². The molecule has 2 aromatic carbocycles. The van der Waals surface area contributed by atoms with Crippen molar-refractivity contribution in [1.82, 2.24) is 4.90 Å². The van der Waals surface area contributed by atoms with Gasteiger partial charge in [-0.3, -0.25) is 9.69 Å². The SMILES string of the molecule is COc1ccc(/C=C2\S/C(=N\N=C\c3ccc(OC)c(OC)c3)N(Cc3ccco3)C2=O)cc1OC. The number of amides is 1. The van der Waals surface area contributed by atoms with Crippen molar-refractivity contribution < 1.29 is 28.2 Å². The molecule has 0 bridgehead atoms. The van der Waals surface area contributed by atoms with E-state index in [1.54, 1.807) is 83.4 Å². The van der Waals surface area contributed by atoms with E-state index in [1.807, 2.05) is 12.1 Å². The molecule has 1 fully saturated rings. The van der Waals surface area contributed by atoms with Gasteiger partial charge in [-0.25, -0.2) is 0 Å². The largest absolute Gasteiger partial charge is 0.493 e. The van der Waals surface area contributed by atoms with Crippen molar-refractivity contribution in [2.24, 2.45) is 10.2 Å². The topological polar surface area (TPSA) is 95.1 Å². The van der Waals surface area contributed by atoms with Gasteiger partial charge in [0.05, 0.1) is 52.4 Å². The zero-order valence-corrected chi connectivity index (χ0v) is 21.1. The van der Waals surface area contributed by atoms with Crippen LogP contribution in [0.4, 0.5) is 0 Å². The third-order valence-electron chi connectivity index (χ3n) is 5.25. The molecule has 1 aliphatic rings. The quantitative estimate of drug-likeness (QED) is 0.233. The summed E-state index contributed by atoms with van der Waals surface area (Å²) in [4.78, 5) is 15.3. The van der Waals surface area contributed by atoms with E-state index in [9.17, 15) is 4.79 Å². The molecule has 2 heterocycles. The van der Waals surface area contributed by atoms with Gasteiger partial charge in [-0.1, -0.05) is 6.07 Å². The molecule has 36 heavy (non-hydrogen) atoms. The fraction of sp³-hybridized carbons (Fsp3) is 0.192. The minimum Gasteiger partial charge on any atom is -0.493 e. The second kappa shape index (κ2) is 11.5. The van der Waals surface area contributed by atoms with Gasteiger partial charge < -0.3 is 23.4 Å². The molecule has 0 unspecified atom stereocenters. The van der Waals surface area contributed by atoms with Crippen molar-refractivity contribution >= 4 is 35.1 Å². The Morgan fingerprint density at radius 1 is 0.889 bits per heavy atom. The van der Waals surface area contributed by atoms with E-state index in [4.69, 9.17) is 23.4 Å². The van der Waals surface area contributed by atoms with Crippen molar-refractivity contribution in [3.8, 4) is 23.0 Å². The molecule has 1 aliphatic heterocycles. The summed E-state index contributed by atoms with van der Waals surface area (Å²) >= 11 is 1.23. The predicted octanol–water partition coefficient (Wildman–Crippen LogP) is 4.82. The summed E-state index contributed by atoms with van der Waals surface area (Å²) in [7, 11) is 6.28. The number of furan rings is 1. The molecule has 0 aliphatic carbocycles. The molecule has 1 saturated heterocycles. The van der Waals surface area contributed by atoms with Crippen molar-refractivity contribution in [2.75, 3.05) is 28.4 Å². The van der Waals surface area contributed by atoms with Crippen molar-refractivity contribution in [3.05, 3.63) is 76.6 Å². The number of thioether (sulfide) groups is 1. The lowest BCUT2D eigenvalue weighted by atomic mass is 10.2. The number of carbonyl (C=O) groups excluding carboxylic acids is 1. The highest BCUT2D eigenvalue weighted by Gasteiger charge is 2.34. The molecule has 0 atom stereocenters. The number of benzene rings is 2. The van der Waals surface area contributed by atoms with Crippen LogP contribution in [0.5, 0.6) is 23.0 Å². The first-order valence-corrected chi connectivity index (χ1v) is 11.7. The fourth-order valence-corrected chi connectivity index (χ4v) is 4.39. The lowest BCUT2D eigenvalue weighted by Gasteiger charge is -2.12. The number of carbonyl (C=O) groups is 1. The van der Waals surface area contributed by atoms with Gasteiger partial charge in [0.1, 0.15) is 5.76 Å². The number of amidine groups is 1. The Kier molecular flexibility index (Phi) is 7.96. The third-order valence-corrected chi connectivity index (χ3v) is 6.24. The van der Waals surface area contributed by atoms with Gasteiger partial charge >= 0.3 is 0 Å². The van der Waals surface area contributed by atoms with Gasteiger partial charge in [0.2, 0.25) is 0 Å². The molecule has 3 aromatic rings. The smallest absolute Gasteiger partial charge is 0.267 e. The number of methoxy groups -OCH3 is 4. The second-order valence-corrected chi connectivity index (χ2v) is 8.45. The molecule has 0 N–H and O–H groups in total. The summed E-state index contributed by atoms with van der Waals surface area (Å²) in [5, 5.41) is 8.98. The first-order chi connectivity index (χ1) is 17.6. The van der Waals surface area contributed by atoms with Crippen LogP contribution in [-0.4, -0.2) is 50.6 Å². The Morgan fingerprint density at radius 3 is 2.14 bits per heavy atom. The van der Waals surface area contributed by atoms with Crippen molar-refractivity contribution in [2.45, 2.75) is 6.54 Å². The summed E-state index contributed by atoms with van der Waals surface area (Å²) in [6.45, 7) is 0.229. The Labute approximate surface area is 213 Å². The standard InChI is InChI=1S/C26H25N3O6S/c1-31-20-9-7-17(12-22(20)33-3)14-24-25(30)29(16-19-6-5-11-35-19)26(36-24)28-27-15-18-8-10-21(32-2)23(13-18)34-4/h5-15H,16H2,1-4H3/b24-14-,27-15+,28-26-. The minimum atomic E-state index is -0.203. The Balaban J connectivity index is 1.62. The highest BCUT2D eigenvalue weighted by molar-refractivity contribution is 8.18. The summed E-state index contributed by atoms with van der Waals surface area (Å²) in [6, 6.07) is 14.4. The predicted molar refractivity (Wildman–Crippen MR) is 139 cm³/mol. The average molecular weight is 508 g/mol. The van der Waals surface area contributed by atoms with Gasteiger partial charge in [0, 0.05) is 0 Å². The molecule has 9 nitrogen and oxygen atoms in total. The number of hydrogen-bond acceptors (Lipinski definition) is 9. The highest BCUT2D eigenvalue weighted by Crippen LogP contribution is 2.35. The molecule has 0 spiro atoms. The maximum atomic E-state index is 13.3. The van der Waals surface area contributed by atoms with Gasteiger partial charge in [0.25, 0.3) is 5.91 Å². The van der Waals surface area contributed by atoms with Gasteiger partial charge in [-0.2, -0.15) is 5.10 Å². The second-order valence-electron chi connectivity index (χ2n) is 7.44. The van der Waals surface area contributed by atoms with Gasteiger partial charge in [-0.15, -0.1) is 5.10 Å².